The number of hydrogen-bond acceptors (Lipinski definition) is 8. The van der Waals surface area contributed by atoms with Crippen molar-refractivity contribution in [3.05, 3.63) is 54.1 Å². The molecule has 1 saturated heterocycles. The van der Waals surface area contributed by atoms with E-state index < -0.39 is 0 Å². The first-order chi connectivity index (χ1) is 19.1. The van der Waals surface area contributed by atoms with E-state index in [9.17, 15) is 9.59 Å². The maximum atomic E-state index is 11.4. The second-order valence-electron chi connectivity index (χ2n) is 8.08. The number of carbonyl (C=O) groups is 2. The Morgan fingerprint density at radius 1 is 0.976 bits per heavy atom. The second-order valence-corrected chi connectivity index (χ2v) is 9.85. The van der Waals surface area contributed by atoms with Gasteiger partial charge in [0.25, 0.3) is 0 Å². The third-order valence-electron chi connectivity index (χ3n) is 4.70. The molecule has 14 heteroatoms. The van der Waals surface area contributed by atoms with Crippen LogP contribution in [0.1, 0.15) is 31.2 Å². The number of nitrogen functional groups attached to an aromatic ring is 1. The molecule has 2 amide bonds. The van der Waals surface area contributed by atoms with Crippen molar-refractivity contribution in [2.24, 2.45) is 5.73 Å². The summed E-state index contributed by atoms with van der Waals surface area (Å²) in [4.78, 5) is 23.1. The van der Waals surface area contributed by atoms with Gasteiger partial charge in [-0.2, -0.15) is 22.4 Å². The predicted molar refractivity (Wildman–Crippen MR) is 177 cm³/mol. The summed E-state index contributed by atoms with van der Waals surface area (Å²) in [6.45, 7) is 4.67. The summed E-state index contributed by atoms with van der Waals surface area (Å²) in [6, 6.07) is 14.5. The minimum Gasteiger partial charge on any atom is -0.870 e. The molecular formula is C27H43BIN4NaO6S. The predicted octanol–water partition coefficient (Wildman–Crippen LogP) is 1.18. The molecule has 0 aromatic heterocycles. The molecule has 41 heavy (non-hydrogen) atoms. The van der Waals surface area contributed by atoms with Gasteiger partial charge in [0.05, 0.1) is 31.0 Å². The molecule has 10 nitrogen and oxygen atoms in total. The normalized spacial score (nSPS) is 11.1. The topological polar surface area (TPSA) is 168 Å². The van der Waals surface area contributed by atoms with Gasteiger partial charge in [0.15, 0.2) is 5.10 Å². The summed E-state index contributed by atoms with van der Waals surface area (Å²) >= 11 is 6.83. The van der Waals surface area contributed by atoms with Gasteiger partial charge in [-0.05, 0) is 56.1 Å². The molecule has 1 aliphatic heterocycles. The third-order valence-corrected chi connectivity index (χ3v) is 4.85. The minimum atomic E-state index is -0.0612. The van der Waals surface area contributed by atoms with Gasteiger partial charge in [0.2, 0.25) is 11.8 Å². The van der Waals surface area contributed by atoms with Gasteiger partial charge in [-0.1, -0.05) is 31.2 Å². The summed E-state index contributed by atoms with van der Waals surface area (Å²) in [5, 5.41) is 5.56. The molecule has 0 spiro atoms. The average molecular weight is 714 g/mol. The monoisotopic (exact) mass is 714 g/mol. The third kappa shape index (κ3) is 27.3. The van der Waals surface area contributed by atoms with Crippen LogP contribution in [0.25, 0.3) is 0 Å². The van der Waals surface area contributed by atoms with Gasteiger partial charge in [-0.3, -0.25) is 9.59 Å². The largest absolute Gasteiger partial charge is 1.00 e. The molecule has 2 aromatic rings. The van der Waals surface area contributed by atoms with Crippen LogP contribution >= 0.6 is 34.6 Å². The molecule has 0 aliphatic carbocycles. The van der Waals surface area contributed by atoms with Crippen molar-refractivity contribution in [1.29, 1.82) is 1.34 Å². The van der Waals surface area contributed by atoms with E-state index >= 15 is 0 Å². The van der Waals surface area contributed by atoms with Gasteiger partial charge in [-0.15, -0.1) is 0 Å². The van der Waals surface area contributed by atoms with Crippen molar-refractivity contribution in [3.8, 4) is 0 Å². The van der Waals surface area contributed by atoms with Crippen molar-refractivity contribution in [2.45, 2.75) is 38.9 Å². The molecule has 0 bridgehead atoms. The van der Waals surface area contributed by atoms with Gasteiger partial charge in [-0.25, -0.2) is 0 Å². The number of anilines is 3. The van der Waals surface area contributed by atoms with Gasteiger partial charge < -0.3 is 41.8 Å². The quantitative estimate of drug-likeness (QED) is 0.122. The standard InChI is InChI=1S/C12H16N2O2S.C10H14N2O2.C4H8O.CH4BI.Na.H2O/c1-16-7-6-12(15)14-10-4-2-9(3-5-10)8-11(13)17;1-14-7-6-10(13)12-9-4-2-8(11)3-5-9;1-2-4-5-3-1;1-2-3;;/h2-5H,6-8H2,1H3,(H2,13,17)(H,14,15);2-5H,6-7,11H2,1H3,(H,12,13);1-4H2;2H,1H3;;1H2/q;;;;+1;/p-1/i;;;2T;;. The SMILES string of the molecule is C1CCOC1.COCCC(=O)Nc1ccc(CC(N)=S)cc1.COCCC(=O)Nc1ccc(N)cc1.[3H]B(C)I.[Na+].[OH-]. The van der Waals surface area contributed by atoms with Crippen molar-refractivity contribution in [2.75, 3.05) is 57.0 Å². The molecule has 3 rings (SSSR count). The van der Waals surface area contributed by atoms with Gasteiger partial charge >= 0.3 is 29.6 Å². The first-order valence-corrected chi connectivity index (χ1v) is 14.2. The fraction of sp³-hybridized carbons (Fsp3) is 0.444. The Kier molecular flexibility index (Phi) is 30.8. The van der Waals surface area contributed by atoms with E-state index in [-0.39, 0.29) is 51.9 Å². The molecule has 0 saturated carbocycles. The number of thiocarbonyl (C=S) groups is 1. The number of amides is 2. The molecule has 7 N–H and O–H groups in total. The van der Waals surface area contributed by atoms with E-state index in [1.807, 2.05) is 53.5 Å². The molecule has 224 valence electrons. The van der Waals surface area contributed by atoms with E-state index in [1.54, 1.807) is 38.5 Å². The Labute approximate surface area is 287 Å². The molecule has 0 unspecified atom stereocenters. The smallest absolute Gasteiger partial charge is 0.870 e. The minimum absolute atomic E-state index is 0. The number of nitrogens with one attached hydrogen (secondary N) is 2. The molecule has 1 heterocycles. The van der Waals surface area contributed by atoms with Crippen LogP contribution in [0.3, 0.4) is 0 Å². The number of ether oxygens (including phenoxy) is 3. The van der Waals surface area contributed by atoms with Gasteiger partial charge in [0.1, 0.15) is 0 Å². The van der Waals surface area contributed by atoms with E-state index in [2.05, 4.69) is 10.6 Å². The molecule has 0 radical (unpaired) electrons. The van der Waals surface area contributed by atoms with E-state index in [1.165, 1.54) is 12.8 Å². The van der Waals surface area contributed by atoms with Gasteiger partial charge in [0, 0.05) is 50.9 Å². The van der Waals surface area contributed by atoms with Crippen LogP contribution in [0.5, 0.6) is 0 Å². The van der Waals surface area contributed by atoms with Crippen molar-refractivity contribution in [1.82, 2.24) is 0 Å². The number of nitrogens with two attached hydrogens (primary N) is 2. The summed E-state index contributed by atoms with van der Waals surface area (Å²) in [5.41, 5.74) is 14.2. The summed E-state index contributed by atoms with van der Waals surface area (Å²) in [5.74, 6) is -0.120. The Hall–Kier alpha value is -1.30. The Morgan fingerprint density at radius 3 is 1.68 bits per heavy atom. The van der Waals surface area contributed by atoms with Crippen LogP contribution < -0.4 is 51.7 Å². The average Bonchev–Trinajstić information content (AvgIpc) is 3.49. The summed E-state index contributed by atoms with van der Waals surface area (Å²) in [6.07, 6.45) is 3.85. The Balaban J connectivity index is -0.000000544. The zero-order valence-electron chi connectivity index (χ0n) is 25.5. The number of methoxy groups -OCH3 is 2. The van der Waals surface area contributed by atoms with E-state index in [0.717, 1.165) is 30.2 Å². The van der Waals surface area contributed by atoms with Crippen molar-refractivity contribution in [3.63, 3.8) is 0 Å². The number of benzene rings is 2. The molecule has 2 aromatic carbocycles. The summed E-state index contributed by atoms with van der Waals surface area (Å²) in [7, 11) is 3.13. The number of rotatable bonds is 10. The van der Waals surface area contributed by atoms with Crippen LogP contribution in [0.2, 0.25) is 6.82 Å². The zero-order valence-corrected chi connectivity index (χ0v) is 29.5. The Morgan fingerprint density at radius 2 is 1.37 bits per heavy atom. The maximum Gasteiger partial charge on any atom is 1.00 e. The summed E-state index contributed by atoms with van der Waals surface area (Å²) < 4.78 is 21.1. The van der Waals surface area contributed by atoms with Crippen molar-refractivity contribution < 1.29 is 58.8 Å². The maximum absolute atomic E-state index is 11.4. The fourth-order valence-corrected chi connectivity index (χ4v) is 2.99. The number of carbonyl (C=O) groups excluding carboxylic acids is 2. The van der Waals surface area contributed by atoms with E-state index in [4.69, 9.17) is 39.2 Å². The van der Waals surface area contributed by atoms with Crippen molar-refractivity contribution >= 4 is 73.6 Å². The number of hydrogen-bond donors (Lipinski definition) is 4. The Bertz CT molecular complexity index is 968. The first-order valence-electron chi connectivity index (χ1n) is 13.1. The van der Waals surface area contributed by atoms with Crippen LogP contribution in [0.15, 0.2) is 48.5 Å². The van der Waals surface area contributed by atoms with Crippen LogP contribution in [-0.2, 0) is 30.2 Å². The van der Waals surface area contributed by atoms with E-state index in [0.29, 0.717) is 43.2 Å². The molecule has 1 fully saturated rings. The molecule has 1 aliphatic rings. The first kappa shape index (κ1) is 41.8. The second kappa shape index (κ2) is 30.2. The van der Waals surface area contributed by atoms with Crippen LogP contribution in [0, 0.1) is 0 Å². The molecular weight excluding hydrogens is 669 g/mol. The van der Waals surface area contributed by atoms with Crippen LogP contribution in [-0.4, -0.2) is 69.4 Å². The number of halogens is 1. The van der Waals surface area contributed by atoms with Crippen LogP contribution in [0.4, 0.5) is 17.1 Å². The zero-order chi connectivity index (χ0) is 30.2. The molecule has 0 atom stereocenters. The fourth-order valence-electron chi connectivity index (χ4n) is 2.82.